The number of rotatable bonds is 3. The number of hydrogen-bond acceptors (Lipinski definition) is 8. The predicted molar refractivity (Wildman–Crippen MR) is 140 cm³/mol. The van der Waals surface area contributed by atoms with Crippen molar-refractivity contribution < 1.29 is 14.4 Å². The van der Waals surface area contributed by atoms with Crippen molar-refractivity contribution in [1.82, 2.24) is 31.2 Å². The molecule has 9 nitrogen and oxygen atoms in total. The molecule has 11 heteroatoms. The summed E-state index contributed by atoms with van der Waals surface area (Å²) in [5.74, 6) is -0.676. The van der Waals surface area contributed by atoms with Gasteiger partial charge in [-0.25, -0.2) is 9.97 Å². The van der Waals surface area contributed by atoms with E-state index in [1.54, 1.807) is 10.8 Å². The van der Waals surface area contributed by atoms with Gasteiger partial charge in [-0.3, -0.25) is 14.4 Å². The molecule has 4 N–H and O–H groups in total. The molecule has 1 aliphatic heterocycles. The number of hydrogen-bond donors (Lipinski definition) is 4. The standard InChI is InChI=1S/C25H30N6O3S2/c1-15(2)21-25-30-18(13-36-25)22(33)27-10-6-9-26-12-20(32)28-17(11-16-7-4-3-5-8-16)24-29-19(14-35-24)23(34)31-21/h3-5,7-8,13-15,17,21,26H,6,9-12H2,1-2H3,(H,27,33)(H,28,32)(H,31,34)/t17-,21-/m0/s1. The zero-order valence-corrected chi connectivity index (χ0v) is 21.9. The van der Waals surface area contributed by atoms with Gasteiger partial charge >= 0.3 is 0 Å². The predicted octanol–water partition coefficient (Wildman–Crippen LogP) is 2.85. The molecule has 190 valence electrons. The Morgan fingerprint density at radius 2 is 1.61 bits per heavy atom. The van der Waals surface area contributed by atoms with Gasteiger partial charge in [0.1, 0.15) is 21.4 Å². The highest BCUT2D eigenvalue weighted by Gasteiger charge is 2.26. The number of carbonyl (C=O) groups is 3. The quantitative estimate of drug-likeness (QED) is 0.416. The van der Waals surface area contributed by atoms with E-state index >= 15 is 0 Å². The second kappa shape index (κ2) is 12.2. The van der Waals surface area contributed by atoms with E-state index in [4.69, 9.17) is 0 Å². The fraction of sp³-hybridized carbons (Fsp3) is 0.400. The Labute approximate surface area is 218 Å². The molecule has 1 aliphatic rings. The molecule has 1 aromatic carbocycles. The summed E-state index contributed by atoms with van der Waals surface area (Å²) in [6.07, 6.45) is 1.23. The van der Waals surface area contributed by atoms with Crippen LogP contribution >= 0.6 is 22.7 Å². The number of thiazole rings is 2. The number of amides is 3. The maximum absolute atomic E-state index is 13.1. The summed E-state index contributed by atoms with van der Waals surface area (Å²) in [5.41, 5.74) is 1.68. The van der Waals surface area contributed by atoms with Crippen LogP contribution in [0.25, 0.3) is 0 Å². The number of carbonyl (C=O) groups excluding carboxylic acids is 3. The Kier molecular flexibility index (Phi) is 8.79. The Hall–Kier alpha value is -3.15. The molecule has 3 aromatic rings. The van der Waals surface area contributed by atoms with Gasteiger partial charge in [-0.2, -0.15) is 0 Å². The molecule has 36 heavy (non-hydrogen) atoms. The van der Waals surface area contributed by atoms with E-state index in [9.17, 15) is 14.4 Å². The summed E-state index contributed by atoms with van der Waals surface area (Å²) in [6.45, 7) is 5.17. The van der Waals surface area contributed by atoms with Crippen molar-refractivity contribution in [2.24, 2.45) is 5.92 Å². The van der Waals surface area contributed by atoms with Gasteiger partial charge < -0.3 is 21.3 Å². The van der Waals surface area contributed by atoms with Crippen molar-refractivity contribution in [2.45, 2.75) is 38.8 Å². The Morgan fingerprint density at radius 3 is 2.36 bits per heavy atom. The molecule has 0 unspecified atom stereocenters. The van der Waals surface area contributed by atoms with Crippen LogP contribution in [0.3, 0.4) is 0 Å². The molecular formula is C25H30N6O3S2. The highest BCUT2D eigenvalue weighted by molar-refractivity contribution is 7.10. The maximum atomic E-state index is 13.1. The van der Waals surface area contributed by atoms with Gasteiger partial charge in [-0.1, -0.05) is 44.2 Å². The monoisotopic (exact) mass is 526 g/mol. The molecule has 0 saturated heterocycles. The second-order valence-electron chi connectivity index (χ2n) is 8.93. The van der Waals surface area contributed by atoms with Gasteiger partial charge in [0.25, 0.3) is 11.8 Å². The van der Waals surface area contributed by atoms with Crippen LogP contribution in [0.15, 0.2) is 41.1 Å². The van der Waals surface area contributed by atoms with E-state index in [2.05, 4.69) is 31.2 Å². The van der Waals surface area contributed by atoms with Crippen LogP contribution < -0.4 is 21.3 Å². The molecule has 3 heterocycles. The van der Waals surface area contributed by atoms with Crippen LogP contribution in [-0.4, -0.2) is 47.3 Å². The summed E-state index contributed by atoms with van der Waals surface area (Å²) in [4.78, 5) is 47.4. The minimum absolute atomic E-state index is 0.0550. The Balaban J connectivity index is 1.60. The Morgan fingerprint density at radius 1 is 0.917 bits per heavy atom. The summed E-state index contributed by atoms with van der Waals surface area (Å²) in [6, 6.07) is 9.14. The number of nitrogens with zero attached hydrogens (tertiary/aromatic N) is 2. The van der Waals surface area contributed by atoms with Gasteiger partial charge in [0, 0.05) is 17.3 Å². The minimum Gasteiger partial charge on any atom is -0.351 e. The normalized spacial score (nSPS) is 20.0. The van der Waals surface area contributed by atoms with Crippen molar-refractivity contribution in [1.29, 1.82) is 0 Å². The third-order valence-electron chi connectivity index (χ3n) is 5.75. The third kappa shape index (κ3) is 6.74. The highest BCUT2D eigenvalue weighted by Crippen LogP contribution is 2.27. The molecule has 0 radical (unpaired) electrons. The van der Waals surface area contributed by atoms with E-state index in [0.717, 1.165) is 5.56 Å². The van der Waals surface area contributed by atoms with E-state index < -0.39 is 0 Å². The summed E-state index contributed by atoms with van der Waals surface area (Å²) >= 11 is 2.71. The molecular weight excluding hydrogens is 496 g/mol. The van der Waals surface area contributed by atoms with Crippen LogP contribution in [0.2, 0.25) is 0 Å². The average Bonchev–Trinajstić information content (AvgIpc) is 3.54. The van der Waals surface area contributed by atoms with Crippen LogP contribution in [0.1, 0.15) is 68.9 Å². The minimum atomic E-state index is -0.364. The lowest BCUT2D eigenvalue weighted by Crippen LogP contribution is -2.38. The lowest BCUT2D eigenvalue weighted by molar-refractivity contribution is -0.121. The smallest absolute Gasteiger partial charge is 0.271 e. The van der Waals surface area contributed by atoms with Crippen molar-refractivity contribution in [2.75, 3.05) is 19.6 Å². The van der Waals surface area contributed by atoms with Gasteiger partial charge in [0.15, 0.2) is 0 Å². The van der Waals surface area contributed by atoms with Crippen LogP contribution in [0.4, 0.5) is 0 Å². The summed E-state index contributed by atoms with van der Waals surface area (Å²) in [5, 5.41) is 16.8. The van der Waals surface area contributed by atoms with Gasteiger partial charge in [0.05, 0.1) is 18.6 Å². The lowest BCUT2D eigenvalue weighted by Gasteiger charge is -2.19. The molecule has 2 atom stereocenters. The zero-order valence-electron chi connectivity index (χ0n) is 20.2. The fourth-order valence-corrected chi connectivity index (χ4v) is 5.69. The molecule has 0 spiro atoms. The largest absolute Gasteiger partial charge is 0.351 e. The molecule has 0 aliphatic carbocycles. The number of fused-ring (bicyclic) bond motifs is 4. The first-order valence-corrected chi connectivity index (χ1v) is 13.7. The highest BCUT2D eigenvalue weighted by atomic mass is 32.1. The van der Waals surface area contributed by atoms with Crippen LogP contribution in [0, 0.1) is 5.92 Å². The molecule has 4 bridgehead atoms. The molecule has 0 saturated carbocycles. The van der Waals surface area contributed by atoms with Gasteiger partial charge in [0.2, 0.25) is 5.91 Å². The first-order chi connectivity index (χ1) is 17.4. The van der Waals surface area contributed by atoms with Crippen molar-refractivity contribution in [3.8, 4) is 0 Å². The van der Waals surface area contributed by atoms with E-state index in [1.165, 1.54) is 22.7 Å². The third-order valence-corrected chi connectivity index (χ3v) is 7.63. The molecule has 2 aromatic heterocycles. The lowest BCUT2D eigenvalue weighted by atomic mass is 10.0. The van der Waals surface area contributed by atoms with Crippen molar-refractivity contribution in [3.63, 3.8) is 0 Å². The first-order valence-electron chi connectivity index (χ1n) is 11.9. The van der Waals surface area contributed by atoms with Crippen LogP contribution in [0.5, 0.6) is 0 Å². The maximum Gasteiger partial charge on any atom is 0.271 e. The summed E-state index contributed by atoms with van der Waals surface area (Å²) < 4.78 is 0. The average molecular weight is 527 g/mol. The summed E-state index contributed by atoms with van der Waals surface area (Å²) in [7, 11) is 0. The second-order valence-corrected chi connectivity index (χ2v) is 10.7. The van der Waals surface area contributed by atoms with Crippen molar-refractivity contribution in [3.05, 3.63) is 68.1 Å². The number of benzene rings is 1. The van der Waals surface area contributed by atoms with Gasteiger partial charge in [-0.05, 0) is 30.9 Å². The molecule has 4 rings (SSSR count). The van der Waals surface area contributed by atoms with Gasteiger partial charge in [-0.15, -0.1) is 22.7 Å². The van der Waals surface area contributed by atoms with E-state index in [-0.39, 0.29) is 42.3 Å². The fourth-order valence-electron chi connectivity index (χ4n) is 3.82. The first kappa shape index (κ1) is 25.9. The zero-order chi connectivity index (χ0) is 25.5. The topological polar surface area (TPSA) is 125 Å². The van der Waals surface area contributed by atoms with E-state index in [0.29, 0.717) is 47.3 Å². The van der Waals surface area contributed by atoms with Crippen molar-refractivity contribution >= 4 is 40.4 Å². The van der Waals surface area contributed by atoms with Crippen LogP contribution in [-0.2, 0) is 11.2 Å². The Bertz CT molecular complexity index is 1190. The molecule has 0 fully saturated rings. The molecule has 3 amide bonds. The number of aromatic nitrogens is 2. The SMILES string of the molecule is CC(C)[C@@H]1NC(=O)c2csc(n2)[C@H](Cc2ccccc2)NC(=O)CNCCCNC(=O)c2csc1n2. The number of nitrogens with one attached hydrogen (secondary N) is 4. The van der Waals surface area contributed by atoms with E-state index in [1.807, 2.05) is 44.2 Å².